The summed E-state index contributed by atoms with van der Waals surface area (Å²) in [6.07, 6.45) is 2.34. The highest BCUT2D eigenvalue weighted by Crippen LogP contribution is 2.47. The van der Waals surface area contributed by atoms with Crippen LogP contribution in [0.3, 0.4) is 0 Å². The molecule has 1 aliphatic carbocycles. The Bertz CT molecular complexity index is 555. The van der Waals surface area contributed by atoms with Crippen LogP contribution < -0.4 is 5.73 Å². The number of aryl methyl sites for hydroxylation is 1. The molecule has 0 atom stereocenters. The standard InChI is InChI=1S/C12H14BrN3/c1-16-10-3-2-8(13)6-9(10)15-11(16)12(7-14)4-5-12/h2-3,6H,4-5,7,14H2,1H3. The third kappa shape index (κ3) is 1.33. The summed E-state index contributed by atoms with van der Waals surface area (Å²) in [4.78, 5) is 4.73. The number of hydrogen-bond acceptors (Lipinski definition) is 2. The average Bonchev–Trinajstić information content (AvgIpc) is 3.00. The molecule has 1 aromatic carbocycles. The fourth-order valence-corrected chi connectivity index (χ4v) is 2.67. The van der Waals surface area contributed by atoms with E-state index in [1.807, 2.05) is 0 Å². The van der Waals surface area contributed by atoms with E-state index in [1.54, 1.807) is 0 Å². The van der Waals surface area contributed by atoms with Crippen molar-refractivity contribution in [3.8, 4) is 0 Å². The van der Waals surface area contributed by atoms with Gasteiger partial charge in [-0.1, -0.05) is 15.9 Å². The Morgan fingerprint density at radius 3 is 2.88 bits per heavy atom. The van der Waals surface area contributed by atoms with Gasteiger partial charge in [0.25, 0.3) is 0 Å². The summed E-state index contributed by atoms with van der Waals surface area (Å²) in [5, 5.41) is 0. The number of imidazole rings is 1. The lowest BCUT2D eigenvalue weighted by molar-refractivity contribution is 0.621. The van der Waals surface area contributed by atoms with Gasteiger partial charge in [-0.05, 0) is 31.0 Å². The minimum absolute atomic E-state index is 0.153. The number of halogens is 1. The molecule has 3 nitrogen and oxygen atoms in total. The first kappa shape index (κ1) is 10.3. The van der Waals surface area contributed by atoms with Crippen LogP contribution in [0, 0.1) is 0 Å². The number of hydrogen-bond donors (Lipinski definition) is 1. The Kier molecular flexibility index (Phi) is 2.13. The van der Waals surface area contributed by atoms with Crippen LogP contribution in [0.4, 0.5) is 0 Å². The first-order valence-electron chi connectivity index (χ1n) is 5.49. The van der Waals surface area contributed by atoms with Crippen molar-refractivity contribution in [1.29, 1.82) is 0 Å². The SMILES string of the molecule is Cn1c(C2(CN)CC2)nc2cc(Br)ccc21. The monoisotopic (exact) mass is 279 g/mol. The van der Waals surface area contributed by atoms with Crippen LogP contribution in [0.15, 0.2) is 22.7 Å². The van der Waals surface area contributed by atoms with Crippen molar-refractivity contribution in [2.45, 2.75) is 18.3 Å². The van der Waals surface area contributed by atoms with Crippen molar-refractivity contribution >= 4 is 27.0 Å². The average molecular weight is 280 g/mol. The van der Waals surface area contributed by atoms with E-state index in [4.69, 9.17) is 10.7 Å². The number of benzene rings is 1. The summed E-state index contributed by atoms with van der Waals surface area (Å²) in [6.45, 7) is 0.700. The molecule has 1 heterocycles. The Morgan fingerprint density at radius 2 is 2.25 bits per heavy atom. The van der Waals surface area contributed by atoms with E-state index in [0.29, 0.717) is 6.54 Å². The molecule has 1 aromatic heterocycles. The first-order valence-corrected chi connectivity index (χ1v) is 6.28. The van der Waals surface area contributed by atoms with E-state index in [-0.39, 0.29) is 5.41 Å². The predicted molar refractivity (Wildman–Crippen MR) is 68.4 cm³/mol. The number of rotatable bonds is 2. The largest absolute Gasteiger partial charge is 0.331 e. The summed E-state index contributed by atoms with van der Waals surface area (Å²) in [5.74, 6) is 1.14. The number of nitrogens with zero attached hydrogens (tertiary/aromatic N) is 2. The molecule has 16 heavy (non-hydrogen) atoms. The number of aromatic nitrogens is 2. The van der Waals surface area contributed by atoms with Crippen LogP contribution in [0.25, 0.3) is 11.0 Å². The van der Waals surface area contributed by atoms with E-state index in [9.17, 15) is 0 Å². The second kappa shape index (κ2) is 3.31. The summed E-state index contributed by atoms with van der Waals surface area (Å²) in [6, 6.07) is 6.21. The highest BCUT2D eigenvalue weighted by Gasteiger charge is 2.46. The molecule has 0 amide bonds. The van der Waals surface area contributed by atoms with E-state index in [0.717, 1.165) is 15.8 Å². The molecule has 1 aliphatic rings. The minimum Gasteiger partial charge on any atom is -0.331 e. The van der Waals surface area contributed by atoms with Crippen molar-refractivity contribution in [3.05, 3.63) is 28.5 Å². The second-order valence-electron chi connectivity index (χ2n) is 4.61. The van der Waals surface area contributed by atoms with Gasteiger partial charge in [0.05, 0.1) is 11.0 Å². The van der Waals surface area contributed by atoms with Gasteiger partial charge in [-0.3, -0.25) is 0 Å². The maximum Gasteiger partial charge on any atom is 0.117 e. The smallest absolute Gasteiger partial charge is 0.117 e. The fourth-order valence-electron chi connectivity index (χ4n) is 2.32. The van der Waals surface area contributed by atoms with Crippen LogP contribution in [0.2, 0.25) is 0 Å². The lowest BCUT2D eigenvalue weighted by Crippen LogP contribution is -2.23. The van der Waals surface area contributed by atoms with Gasteiger partial charge in [0.2, 0.25) is 0 Å². The molecule has 1 saturated carbocycles. The Labute approximate surface area is 103 Å². The van der Waals surface area contributed by atoms with Crippen LogP contribution in [-0.4, -0.2) is 16.1 Å². The molecule has 0 bridgehead atoms. The summed E-state index contributed by atoms with van der Waals surface area (Å²) < 4.78 is 3.25. The summed E-state index contributed by atoms with van der Waals surface area (Å²) in [7, 11) is 2.08. The first-order chi connectivity index (χ1) is 7.66. The number of fused-ring (bicyclic) bond motifs is 1. The van der Waals surface area contributed by atoms with Crippen molar-refractivity contribution in [2.24, 2.45) is 12.8 Å². The van der Waals surface area contributed by atoms with Crippen LogP contribution in [-0.2, 0) is 12.5 Å². The lowest BCUT2D eigenvalue weighted by Gasteiger charge is -2.11. The Balaban J connectivity index is 2.23. The van der Waals surface area contributed by atoms with Gasteiger partial charge in [0.1, 0.15) is 5.82 Å². The van der Waals surface area contributed by atoms with Gasteiger partial charge in [-0.2, -0.15) is 0 Å². The third-order valence-corrected chi connectivity index (χ3v) is 4.05. The van der Waals surface area contributed by atoms with Crippen LogP contribution in [0.5, 0.6) is 0 Å². The van der Waals surface area contributed by atoms with Gasteiger partial charge < -0.3 is 10.3 Å². The van der Waals surface area contributed by atoms with E-state index < -0.39 is 0 Å². The molecule has 0 saturated heterocycles. The zero-order chi connectivity index (χ0) is 11.3. The molecule has 0 spiro atoms. The van der Waals surface area contributed by atoms with E-state index in [1.165, 1.54) is 18.4 Å². The second-order valence-corrected chi connectivity index (χ2v) is 5.53. The normalized spacial score (nSPS) is 17.9. The third-order valence-electron chi connectivity index (χ3n) is 3.56. The number of nitrogens with two attached hydrogens (primary N) is 1. The lowest BCUT2D eigenvalue weighted by atomic mass is 10.1. The zero-order valence-electron chi connectivity index (χ0n) is 9.20. The maximum atomic E-state index is 5.86. The molecule has 0 radical (unpaired) electrons. The Hall–Kier alpha value is -0.870. The maximum absolute atomic E-state index is 5.86. The molecule has 3 rings (SSSR count). The van der Waals surface area contributed by atoms with E-state index >= 15 is 0 Å². The molecular formula is C12H14BrN3. The highest BCUT2D eigenvalue weighted by atomic mass is 79.9. The quantitative estimate of drug-likeness (QED) is 0.917. The van der Waals surface area contributed by atoms with Gasteiger partial charge in [-0.15, -0.1) is 0 Å². The molecule has 84 valence electrons. The minimum atomic E-state index is 0.153. The summed E-state index contributed by atoms with van der Waals surface area (Å²) >= 11 is 3.48. The zero-order valence-corrected chi connectivity index (χ0v) is 10.8. The molecule has 2 aromatic rings. The fraction of sp³-hybridized carbons (Fsp3) is 0.417. The van der Waals surface area contributed by atoms with Crippen molar-refractivity contribution in [1.82, 2.24) is 9.55 Å². The van der Waals surface area contributed by atoms with Crippen molar-refractivity contribution < 1.29 is 0 Å². The highest BCUT2D eigenvalue weighted by molar-refractivity contribution is 9.10. The molecule has 0 aliphatic heterocycles. The molecule has 2 N–H and O–H groups in total. The topological polar surface area (TPSA) is 43.8 Å². The molecule has 0 unspecified atom stereocenters. The van der Waals surface area contributed by atoms with Gasteiger partial charge in [-0.25, -0.2) is 4.98 Å². The van der Waals surface area contributed by atoms with E-state index in [2.05, 4.69) is 45.7 Å². The predicted octanol–water partition coefficient (Wildman–Crippen LogP) is 2.33. The Morgan fingerprint density at radius 1 is 1.50 bits per heavy atom. The van der Waals surface area contributed by atoms with Gasteiger partial charge in [0, 0.05) is 23.5 Å². The molecular weight excluding hydrogens is 266 g/mol. The van der Waals surface area contributed by atoms with Gasteiger partial charge >= 0.3 is 0 Å². The summed E-state index contributed by atoms with van der Waals surface area (Å²) in [5.41, 5.74) is 8.24. The molecule has 4 heteroatoms. The van der Waals surface area contributed by atoms with Crippen molar-refractivity contribution in [2.75, 3.05) is 6.54 Å². The van der Waals surface area contributed by atoms with Crippen LogP contribution >= 0.6 is 15.9 Å². The van der Waals surface area contributed by atoms with Gasteiger partial charge in [0.15, 0.2) is 0 Å². The molecule has 1 fully saturated rings. The van der Waals surface area contributed by atoms with Crippen LogP contribution in [0.1, 0.15) is 18.7 Å². The van der Waals surface area contributed by atoms with Crippen molar-refractivity contribution in [3.63, 3.8) is 0 Å².